The first kappa shape index (κ1) is 21.9. The number of nitrogens with zero attached hydrogens (tertiary/aromatic N) is 3. The fourth-order valence-corrected chi connectivity index (χ4v) is 6.31. The largest absolute Gasteiger partial charge is 0.495 e. The van der Waals surface area contributed by atoms with E-state index >= 15 is 0 Å². The van der Waals surface area contributed by atoms with Crippen molar-refractivity contribution in [3.8, 4) is 11.4 Å². The van der Waals surface area contributed by atoms with Gasteiger partial charge in [-0.15, -0.1) is 11.3 Å². The number of benzene rings is 1. The van der Waals surface area contributed by atoms with Crippen molar-refractivity contribution in [3.05, 3.63) is 45.1 Å². The Kier molecular flexibility index (Phi) is 6.67. The van der Waals surface area contributed by atoms with Gasteiger partial charge < -0.3 is 9.64 Å². The van der Waals surface area contributed by atoms with Crippen LogP contribution in [0.3, 0.4) is 0 Å². The van der Waals surface area contributed by atoms with Crippen LogP contribution < -0.4 is 10.3 Å². The number of rotatable bonds is 7. The highest BCUT2D eigenvalue weighted by molar-refractivity contribution is 7.99. The normalized spacial score (nSPS) is 13.3. The summed E-state index contributed by atoms with van der Waals surface area (Å²) in [5.41, 5.74) is 1.73. The zero-order chi connectivity index (χ0) is 22.0. The van der Waals surface area contributed by atoms with E-state index in [1.54, 1.807) is 27.9 Å². The van der Waals surface area contributed by atoms with E-state index in [1.807, 2.05) is 38.1 Å². The monoisotopic (exact) mass is 457 g/mol. The molecule has 0 aliphatic heterocycles. The van der Waals surface area contributed by atoms with Crippen LogP contribution >= 0.6 is 23.1 Å². The predicted octanol–water partition coefficient (Wildman–Crippen LogP) is 4.30. The lowest BCUT2D eigenvalue weighted by atomic mass is 9.97. The molecule has 2 aromatic heterocycles. The molecule has 1 aliphatic carbocycles. The molecule has 0 fully saturated rings. The molecule has 31 heavy (non-hydrogen) atoms. The fourth-order valence-electron chi connectivity index (χ4n) is 4.10. The number of fused-ring (bicyclic) bond motifs is 3. The first-order chi connectivity index (χ1) is 15.1. The number of carbonyl (C=O) groups excluding carboxylic acids is 1. The van der Waals surface area contributed by atoms with Gasteiger partial charge in [0.15, 0.2) is 5.16 Å². The number of aryl methyl sites for hydroxylation is 2. The average Bonchev–Trinajstić information content (AvgIpc) is 3.17. The van der Waals surface area contributed by atoms with Crippen LogP contribution in [-0.4, -0.2) is 46.3 Å². The number of hydrogen-bond donors (Lipinski definition) is 0. The number of carbonyl (C=O) groups is 1. The summed E-state index contributed by atoms with van der Waals surface area (Å²) < 4.78 is 7.17. The number of thioether (sulfide) groups is 1. The number of hydrogen-bond acceptors (Lipinski definition) is 6. The minimum absolute atomic E-state index is 0.0430. The summed E-state index contributed by atoms with van der Waals surface area (Å²) in [4.78, 5) is 35.2. The Bertz CT molecular complexity index is 1160. The molecule has 6 nitrogen and oxygen atoms in total. The Morgan fingerprint density at radius 3 is 2.71 bits per heavy atom. The molecule has 1 amide bonds. The smallest absolute Gasteiger partial charge is 0.267 e. The summed E-state index contributed by atoms with van der Waals surface area (Å²) in [5, 5.41) is 1.26. The molecule has 0 unspecified atom stereocenters. The summed E-state index contributed by atoms with van der Waals surface area (Å²) in [7, 11) is 1.60. The van der Waals surface area contributed by atoms with Gasteiger partial charge in [0.1, 0.15) is 10.6 Å². The van der Waals surface area contributed by atoms with Crippen molar-refractivity contribution in [3.63, 3.8) is 0 Å². The number of methoxy groups -OCH3 is 1. The van der Waals surface area contributed by atoms with Gasteiger partial charge in [-0.25, -0.2) is 4.98 Å². The Balaban J connectivity index is 1.87. The van der Waals surface area contributed by atoms with Crippen LogP contribution in [0.25, 0.3) is 15.9 Å². The summed E-state index contributed by atoms with van der Waals surface area (Å²) in [6, 6.07) is 7.46. The van der Waals surface area contributed by atoms with Crippen LogP contribution in [0, 0.1) is 0 Å². The lowest BCUT2D eigenvalue weighted by Gasteiger charge is -2.19. The molecular formula is C23H27N3O3S2. The van der Waals surface area contributed by atoms with Crippen LogP contribution in [-0.2, 0) is 17.6 Å². The number of thiophene rings is 1. The molecule has 0 N–H and O–H groups in total. The number of ether oxygens (including phenoxy) is 1. The molecule has 0 radical (unpaired) electrons. The van der Waals surface area contributed by atoms with E-state index in [0.717, 1.165) is 41.5 Å². The quantitative estimate of drug-likeness (QED) is 0.391. The minimum atomic E-state index is -0.0771. The van der Waals surface area contributed by atoms with Gasteiger partial charge in [0.05, 0.1) is 23.9 Å². The molecule has 0 atom stereocenters. The average molecular weight is 458 g/mol. The third-order valence-corrected chi connectivity index (χ3v) is 7.83. The third kappa shape index (κ3) is 4.11. The highest BCUT2D eigenvalue weighted by atomic mass is 32.2. The molecule has 0 bridgehead atoms. The van der Waals surface area contributed by atoms with Gasteiger partial charge in [-0.05, 0) is 57.2 Å². The van der Waals surface area contributed by atoms with Crippen LogP contribution in [0.15, 0.2) is 34.2 Å². The Labute approximate surface area is 190 Å². The molecule has 3 aromatic rings. The maximum atomic E-state index is 13.8. The molecule has 1 aromatic carbocycles. The lowest BCUT2D eigenvalue weighted by Crippen LogP contribution is -2.32. The standard InChI is InChI=1S/C23H27N3O3S2/c1-4-25(5-2)19(27)14-30-23-24-21-20(15-10-6-9-13-18(15)31-21)22(28)26(23)16-11-7-8-12-17(16)29-3/h7-8,11-12H,4-6,9-10,13-14H2,1-3H3. The fraction of sp³-hybridized carbons (Fsp3) is 0.435. The van der Waals surface area contributed by atoms with Gasteiger partial charge in [-0.2, -0.15) is 0 Å². The van der Waals surface area contributed by atoms with Crippen LogP contribution in [0.4, 0.5) is 0 Å². The maximum absolute atomic E-state index is 13.8. The first-order valence-electron chi connectivity index (χ1n) is 10.7. The SMILES string of the molecule is CCN(CC)C(=O)CSc1nc2sc3c(c2c(=O)n1-c1ccccc1OC)CCCC3. The summed E-state index contributed by atoms with van der Waals surface area (Å²) in [6.07, 6.45) is 4.18. The number of aromatic nitrogens is 2. The minimum Gasteiger partial charge on any atom is -0.495 e. The predicted molar refractivity (Wildman–Crippen MR) is 127 cm³/mol. The first-order valence-corrected chi connectivity index (χ1v) is 12.5. The topological polar surface area (TPSA) is 64.4 Å². The van der Waals surface area contributed by atoms with E-state index in [-0.39, 0.29) is 17.2 Å². The molecule has 0 saturated carbocycles. The molecular weight excluding hydrogens is 430 g/mol. The van der Waals surface area contributed by atoms with Gasteiger partial charge in [0.25, 0.3) is 5.56 Å². The highest BCUT2D eigenvalue weighted by Gasteiger charge is 2.24. The molecule has 8 heteroatoms. The van der Waals surface area contributed by atoms with Crippen molar-refractivity contribution in [2.24, 2.45) is 0 Å². The van der Waals surface area contributed by atoms with Gasteiger partial charge in [0, 0.05) is 18.0 Å². The second kappa shape index (κ2) is 9.44. The van der Waals surface area contributed by atoms with Gasteiger partial charge >= 0.3 is 0 Å². The second-order valence-corrected chi connectivity index (χ2v) is 9.48. The number of amides is 1. The van der Waals surface area contributed by atoms with Crippen LogP contribution in [0.1, 0.15) is 37.1 Å². The van der Waals surface area contributed by atoms with Crippen molar-refractivity contribution in [2.45, 2.75) is 44.7 Å². The molecule has 1 aliphatic rings. The van der Waals surface area contributed by atoms with Crippen molar-refractivity contribution in [1.29, 1.82) is 0 Å². The Morgan fingerprint density at radius 2 is 1.97 bits per heavy atom. The van der Waals surface area contributed by atoms with Gasteiger partial charge in [-0.1, -0.05) is 23.9 Å². The van der Waals surface area contributed by atoms with E-state index in [9.17, 15) is 9.59 Å². The molecule has 164 valence electrons. The summed E-state index contributed by atoms with van der Waals surface area (Å²) >= 11 is 2.94. The van der Waals surface area contributed by atoms with Gasteiger partial charge in [0.2, 0.25) is 5.91 Å². The van der Waals surface area contributed by atoms with Crippen molar-refractivity contribution >= 4 is 39.2 Å². The van der Waals surface area contributed by atoms with Crippen molar-refractivity contribution in [2.75, 3.05) is 26.0 Å². The van der Waals surface area contributed by atoms with Gasteiger partial charge in [-0.3, -0.25) is 14.2 Å². The molecule has 2 heterocycles. The maximum Gasteiger partial charge on any atom is 0.267 e. The zero-order valence-corrected chi connectivity index (χ0v) is 19.8. The second-order valence-electron chi connectivity index (χ2n) is 7.45. The Morgan fingerprint density at radius 1 is 1.23 bits per heavy atom. The van der Waals surface area contributed by atoms with E-state index in [0.29, 0.717) is 29.7 Å². The summed E-state index contributed by atoms with van der Waals surface area (Å²) in [6.45, 7) is 5.27. The summed E-state index contributed by atoms with van der Waals surface area (Å²) in [5.74, 6) is 0.882. The third-order valence-electron chi connectivity index (χ3n) is 5.73. The van der Waals surface area contributed by atoms with E-state index in [1.165, 1.54) is 16.6 Å². The lowest BCUT2D eigenvalue weighted by molar-refractivity contribution is -0.127. The van der Waals surface area contributed by atoms with Crippen molar-refractivity contribution < 1.29 is 9.53 Å². The highest BCUT2D eigenvalue weighted by Crippen LogP contribution is 2.36. The van der Waals surface area contributed by atoms with Crippen LogP contribution in [0.2, 0.25) is 0 Å². The molecule has 4 rings (SSSR count). The molecule has 0 spiro atoms. The van der Waals surface area contributed by atoms with Crippen LogP contribution in [0.5, 0.6) is 5.75 Å². The van der Waals surface area contributed by atoms with E-state index in [2.05, 4.69) is 0 Å². The van der Waals surface area contributed by atoms with Crippen molar-refractivity contribution in [1.82, 2.24) is 14.5 Å². The number of para-hydroxylation sites is 2. The van der Waals surface area contributed by atoms with E-state index < -0.39 is 0 Å². The molecule has 0 saturated heterocycles. The Hall–Kier alpha value is -2.32. The zero-order valence-electron chi connectivity index (χ0n) is 18.1. The van der Waals surface area contributed by atoms with E-state index in [4.69, 9.17) is 9.72 Å².